The van der Waals surface area contributed by atoms with E-state index in [1.54, 1.807) is 0 Å². The van der Waals surface area contributed by atoms with Crippen molar-refractivity contribution in [1.82, 2.24) is 5.32 Å². The molecule has 0 aliphatic heterocycles. The molecule has 2 aromatic carbocycles. The zero-order chi connectivity index (χ0) is 21.5. The highest BCUT2D eigenvalue weighted by atomic mass is 35.5. The minimum atomic E-state index is -1.11. The number of fused-ring (bicyclic) bond motifs is 3. The molecule has 0 aromatic heterocycles. The third-order valence-electron chi connectivity index (χ3n) is 4.84. The maximum absolute atomic E-state index is 12.3. The Hall–Kier alpha value is -2.15. The lowest BCUT2D eigenvalue weighted by Gasteiger charge is -2.17. The molecule has 8 heteroatoms. The van der Waals surface area contributed by atoms with E-state index in [1.165, 1.54) is 17.3 Å². The number of thioether (sulfide) groups is 1. The van der Waals surface area contributed by atoms with Gasteiger partial charge in [0, 0.05) is 22.2 Å². The molecule has 0 spiro atoms. The van der Waals surface area contributed by atoms with Gasteiger partial charge in [0.05, 0.1) is 0 Å². The monoisotopic (exact) mass is 465 g/mol. The van der Waals surface area contributed by atoms with Gasteiger partial charge in [-0.05, 0) is 34.4 Å². The summed E-state index contributed by atoms with van der Waals surface area (Å²) < 4.78 is 5.41. The van der Waals surface area contributed by atoms with Crippen LogP contribution in [0.3, 0.4) is 0 Å². The van der Waals surface area contributed by atoms with E-state index in [2.05, 4.69) is 17.4 Å². The van der Waals surface area contributed by atoms with E-state index in [9.17, 15) is 14.7 Å². The van der Waals surface area contributed by atoms with Gasteiger partial charge < -0.3 is 15.2 Å². The maximum Gasteiger partial charge on any atom is 0.407 e. The van der Waals surface area contributed by atoms with Gasteiger partial charge in [0.1, 0.15) is 12.6 Å². The molecule has 0 bridgehead atoms. The molecular formula is C22H21Cl2NO4S. The van der Waals surface area contributed by atoms with E-state index in [-0.39, 0.29) is 18.9 Å². The van der Waals surface area contributed by atoms with Crippen molar-refractivity contribution in [3.05, 3.63) is 70.2 Å². The predicted octanol–water partition coefficient (Wildman–Crippen LogP) is 5.42. The molecule has 158 valence electrons. The molecule has 0 heterocycles. The van der Waals surface area contributed by atoms with Gasteiger partial charge in [0.25, 0.3) is 0 Å². The fourth-order valence-electron chi connectivity index (χ4n) is 3.44. The van der Waals surface area contributed by atoms with Crippen molar-refractivity contribution in [2.45, 2.75) is 18.4 Å². The van der Waals surface area contributed by atoms with Crippen molar-refractivity contribution in [2.75, 3.05) is 18.1 Å². The number of hydrogen-bond donors (Lipinski definition) is 2. The van der Waals surface area contributed by atoms with Crippen molar-refractivity contribution in [3.8, 4) is 11.1 Å². The van der Waals surface area contributed by atoms with Crippen molar-refractivity contribution >= 4 is 47.0 Å². The third-order valence-corrected chi connectivity index (χ3v) is 6.66. The number of amides is 1. The van der Waals surface area contributed by atoms with Gasteiger partial charge in [-0.25, -0.2) is 9.59 Å². The normalized spacial score (nSPS) is 14.0. The average Bonchev–Trinajstić information content (AvgIpc) is 3.07. The highest BCUT2D eigenvalue weighted by molar-refractivity contribution is 7.99. The summed E-state index contributed by atoms with van der Waals surface area (Å²) in [4.78, 5) is 23.7. The highest BCUT2D eigenvalue weighted by Gasteiger charge is 2.29. The number of alkyl carbamates (subject to hydrolysis) is 1. The van der Waals surface area contributed by atoms with Gasteiger partial charge in [0.2, 0.25) is 0 Å². The quantitative estimate of drug-likeness (QED) is 0.483. The molecule has 2 aromatic rings. The number of benzene rings is 2. The molecule has 2 N–H and O–H groups in total. The summed E-state index contributed by atoms with van der Waals surface area (Å²) in [5.41, 5.74) is 5.74. The fraction of sp³-hybridized carbons (Fsp3) is 0.273. The Bertz CT molecular complexity index is 905. The van der Waals surface area contributed by atoms with Gasteiger partial charge in [-0.1, -0.05) is 71.7 Å². The van der Waals surface area contributed by atoms with Crippen LogP contribution in [0.5, 0.6) is 0 Å². The summed E-state index contributed by atoms with van der Waals surface area (Å²) in [5, 5.41) is 12.3. The van der Waals surface area contributed by atoms with Crippen molar-refractivity contribution in [2.24, 2.45) is 0 Å². The average molecular weight is 466 g/mol. The largest absolute Gasteiger partial charge is 0.480 e. The Morgan fingerprint density at radius 3 is 2.30 bits per heavy atom. The fourth-order valence-corrected chi connectivity index (χ4v) is 4.67. The van der Waals surface area contributed by atoms with Crippen LogP contribution in [0.1, 0.15) is 23.5 Å². The molecule has 1 aliphatic rings. The van der Waals surface area contributed by atoms with E-state index < -0.39 is 18.1 Å². The molecule has 0 saturated heterocycles. The first kappa shape index (κ1) is 22.5. The molecule has 1 unspecified atom stereocenters. The molecule has 0 fully saturated rings. The summed E-state index contributed by atoms with van der Waals surface area (Å²) in [6.07, 6.45) is -0.496. The molecule has 1 atom stereocenters. The van der Waals surface area contributed by atoms with E-state index in [1.807, 2.05) is 36.4 Å². The lowest BCUT2D eigenvalue weighted by Crippen LogP contribution is -2.41. The second-order valence-corrected chi connectivity index (χ2v) is 8.57. The standard InChI is InChI=1S/C22H21Cl2NO4S/c23-11-14(24)13-30-10-9-20(21(26)27)25-22(28)29-12-19-17-7-3-1-5-15(17)16-6-2-4-8-18(16)19/h1-8,11,19-20H,9-10,12-13H2,(H,25,28)(H,26,27)/b14-11-. The van der Waals surface area contributed by atoms with E-state index >= 15 is 0 Å². The number of carbonyl (C=O) groups is 2. The van der Waals surface area contributed by atoms with Crippen LogP contribution in [0.15, 0.2) is 59.1 Å². The second kappa shape index (κ2) is 10.8. The number of aliphatic carboxylic acids is 1. The van der Waals surface area contributed by atoms with Crippen LogP contribution in [0.25, 0.3) is 11.1 Å². The summed E-state index contributed by atoms with van der Waals surface area (Å²) in [6, 6.07) is 15.0. The zero-order valence-corrected chi connectivity index (χ0v) is 18.3. The number of carboxylic acid groups (broad SMARTS) is 1. The lowest BCUT2D eigenvalue weighted by molar-refractivity contribution is -0.139. The number of rotatable bonds is 9. The number of ether oxygens (including phenoxy) is 1. The van der Waals surface area contributed by atoms with E-state index in [0.29, 0.717) is 16.5 Å². The van der Waals surface area contributed by atoms with Crippen molar-refractivity contribution in [3.63, 3.8) is 0 Å². The van der Waals surface area contributed by atoms with Gasteiger partial charge in [-0.2, -0.15) is 11.8 Å². The maximum atomic E-state index is 12.3. The number of halogens is 2. The zero-order valence-electron chi connectivity index (χ0n) is 16.0. The SMILES string of the molecule is O=C(NC(CCSC/C(Cl)=C/Cl)C(=O)O)OCC1c2ccccc2-c2ccccc21. The Morgan fingerprint density at radius 1 is 1.13 bits per heavy atom. The minimum absolute atomic E-state index is 0.0773. The Morgan fingerprint density at radius 2 is 1.73 bits per heavy atom. The van der Waals surface area contributed by atoms with Gasteiger partial charge in [0.15, 0.2) is 0 Å². The molecule has 5 nitrogen and oxygen atoms in total. The highest BCUT2D eigenvalue weighted by Crippen LogP contribution is 2.44. The van der Waals surface area contributed by atoms with Crippen LogP contribution in [-0.2, 0) is 9.53 Å². The lowest BCUT2D eigenvalue weighted by atomic mass is 9.98. The number of carboxylic acids is 1. The van der Waals surface area contributed by atoms with Crippen molar-refractivity contribution < 1.29 is 19.4 Å². The summed E-state index contributed by atoms with van der Waals surface area (Å²) in [5.74, 6) is -0.196. The Balaban J connectivity index is 1.56. The number of nitrogens with one attached hydrogen (secondary N) is 1. The number of hydrogen-bond acceptors (Lipinski definition) is 4. The molecule has 1 amide bonds. The minimum Gasteiger partial charge on any atom is -0.480 e. The third kappa shape index (κ3) is 5.50. The topological polar surface area (TPSA) is 75.6 Å². The number of carbonyl (C=O) groups excluding carboxylic acids is 1. The molecule has 0 radical (unpaired) electrons. The first-order chi connectivity index (χ1) is 14.5. The second-order valence-electron chi connectivity index (χ2n) is 6.76. The first-order valence-electron chi connectivity index (χ1n) is 9.38. The molecule has 3 rings (SSSR count). The van der Waals surface area contributed by atoms with Crippen LogP contribution in [0, 0.1) is 0 Å². The summed E-state index contributed by atoms with van der Waals surface area (Å²) in [6.45, 7) is 0.136. The molecule has 30 heavy (non-hydrogen) atoms. The van der Waals surface area contributed by atoms with Crippen LogP contribution in [0.2, 0.25) is 0 Å². The van der Waals surface area contributed by atoms with Crippen LogP contribution >= 0.6 is 35.0 Å². The predicted molar refractivity (Wildman–Crippen MR) is 121 cm³/mol. The van der Waals surface area contributed by atoms with Crippen LogP contribution in [-0.4, -0.2) is 41.3 Å². The van der Waals surface area contributed by atoms with Crippen molar-refractivity contribution in [1.29, 1.82) is 0 Å². The Labute approximate surface area is 189 Å². The van der Waals surface area contributed by atoms with Crippen LogP contribution in [0.4, 0.5) is 4.79 Å². The van der Waals surface area contributed by atoms with Gasteiger partial charge in [-0.3, -0.25) is 0 Å². The van der Waals surface area contributed by atoms with E-state index in [4.69, 9.17) is 27.9 Å². The smallest absolute Gasteiger partial charge is 0.407 e. The van der Waals surface area contributed by atoms with Gasteiger partial charge >= 0.3 is 12.1 Å². The van der Waals surface area contributed by atoms with Gasteiger partial charge in [-0.15, -0.1) is 0 Å². The first-order valence-corrected chi connectivity index (χ1v) is 11.3. The molecular weight excluding hydrogens is 445 g/mol. The summed E-state index contributed by atoms with van der Waals surface area (Å²) >= 11 is 12.7. The summed E-state index contributed by atoms with van der Waals surface area (Å²) in [7, 11) is 0. The Kier molecular flexibility index (Phi) is 8.08. The molecule has 0 saturated carbocycles. The molecule has 1 aliphatic carbocycles. The van der Waals surface area contributed by atoms with E-state index in [0.717, 1.165) is 22.3 Å². The van der Waals surface area contributed by atoms with Crippen LogP contribution < -0.4 is 5.32 Å².